The van der Waals surface area contributed by atoms with Crippen LogP contribution < -0.4 is 20.1 Å². The molecule has 6 heteroatoms. The smallest absolute Gasteiger partial charge is 0.315 e. The molecule has 1 aromatic heterocycles. The van der Waals surface area contributed by atoms with Crippen LogP contribution in [-0.4, -0.2) is 24.2 Å². The minimum Gasteiger partial charge on any atom is -0.490 e. The van der Waals surface area contributed by atoms with E-state index in [2.05, 4.69) is 15.6 Å². The maximum Gasteiger partial charge on any atom is 0.315 e. The number of benzene rings is 1. The van der Waals surface area contributed by atoms with Gasteiger partial charge in [-0.1, -0.05) is 18.6 Å². The summed E-state index contributed by atoms with van der Waals surface area (Å²) < 4.78 is 11.2. The second-order valence-corrected chi connectivity index (χ2v) is 6.77. The average Bonchev–Trinajstić information content (AvgIpc) is 2.72. The largest absolute Gasteiger partial charge is 0.490 e. The number of methoxy groups -OCH3 is 1. The van der Waals surface area contributed by atoms with Crippen molar-refractivity contribution in [2.75, 3.05) is 7.11 Å². The Bertz CT molecular complexity index is 745. The number of hydrogen-bond donors (Lipinski definition) is 2. The molecular weight excluding hydrogens is 342 g/mol. The van der Waals surface area contributed by atoms with Gasteiger partial charge in [0.15, 0.2) is 0 Å². The van der Waals surface area contributed by atoms with E-state index in [1.54, 1.807) is 19.4 Å². The van der Waals surface area contributed by atoms with Crippen LogP contribution in [0.25, 0.3) is 0 Å². The summed E-state index contributed by atoms with van der Waals surface area (Å²) in [5, 5.41) is 5.71. The van der Waals surface area contributed by atoms with Gasteiger partial charge >= 0.3 is 6.03 Å². The van der Waals surface area contributed by atoms with E-state index in [4.69, 9.17) is 9.47 Å². The summed E-state index contributed by atoms with van der Waals surface area (Å²) in [5.41, 5.74) is 1.95. The summed E-state index contributed by atoms with van der Waals surface area (Å²) in [4.78, 5) is 16.1. The van der Waals surface area contributed by atoms with Crippen molar-refractivity contribution in [1.82, 2.24) is 15.6 Å². The maximum atomic E-state index is 12.0. The van der Waals surface area contributed by atoms with Crippen LogP contribution in [0.2, 0.25) is 0 Å². The zero-order valence-electron chi connectivity index (χ0n) is 15.7. The van der Waals surface area contributed by atoms with E-state index in [1.807, 2.05) is 30.3 Å². The Hall–Kier alpha value is -2.76. The normalized spacial score (nSPS) is 14.4. The molecule has 6 nitrogen and oxygen atoms in total. The highest BCUT2D eigenvalue weighted by molar-refractivity contribution is 5.73. The lowest BCUT2D eigenvalue weighted by Crippen LogP contribution is -2.34. The second-order valence-electron chi connectivity index (χ2n) is 6.77. The summed E-state index contributed by atoms with van der Waals surface area (Å²) in [6.07, 6.45) is 8.04. The third kappa shape index (κ3) is 6.16. The first-order chi connectivity index (χ1) is 13.2. The molecule has 1 saturated carbocycles. The van der Waals surface area contributed by atoms with Crippen LogP contribution in [-0.2, 0) is 13.1 Å². The fourth-order valence-electron chi connectivity index (χ4n) is 3.20. The Morgan fingerprint density at radius 1 is 1.07 bits per heavy atom. The molecule has 2 amide bonds. The highest BCUT2D eigenvalue weighted by Gasteiger charge is 2.14. The number of amides is 2. The van der Waals surface area contributed by atoms with Gasteiger partial charge in [-0.3, -0.25) is 0 Å². The van der Waals surface area contributed by atoms with Gasteiger partial charge in [0.2, 0.25) is 5.88 Å². The number of pyridine rings is 1. The molecule has 0 aliphatic heterocycles. The highest BCUT2D eigenvalue weighted by atomic mass is 16.5. The van der Waals surface area contributed by atoms with E-state index in [0.29, 0.717) is 25.1 Å². The minimum atomic E-state index is -0.218. The van der Waals surface area contributed by atoms with E-state index in [1.165, 1.54) is 19.3 Å². The lowest BCUT2D eigenvalue weighted by atomic mass is 9.98. The zero-order chi connectivity index (χ0) is 18.9. The Morgan fingerprint density at radius 3 is 2.56 bits per heavy atom. The van der Waals surface area contributed by atoms with Gasteiger partial charge in [-0.2, -0.15) is 0 Å². The van der Waals surface area contributed by atoms with Gasteiger partial charge in [0.1, 0.15) is 5.75 Å². The molecule has 144 valence electrons. The number of urea groups is 1. The van der Waals surface area contributed by atoms with Crippen molar-refractivity contribution >= 4 is 6.03 Å². The predicted octanol–water partition coefficient (Wildman–Crippen LogP) is 3.80. The van der Waals surface area contributed by atoms with Gasteiger partial charge in [0, 0.05) is 25.4 Å². The Morgan fingerprint density at radius 2 is 1.81 bits per heavy atom. The van der Waals surface area contributed by atoms with Gasteiger partial charge < -0.3 is 20.1 Å². The molecule has 3 rings (SSSR count). The third-order valence-corrected chi connectivity index (χ3v) is 4.67. The van der Waals surface area contributed by atoms with Gasteiger partial charge in [-0.25, -0.2) is 9.78 Å². The molecule has 2 aromatic rings. The zero-order valence-corrected chi connectivity index (χ0v) is 15.7. The first-order valence-corrected chi connectivity index (χ1v) is 9.49. The van der Waals surface area contributed by atoms with E-state index >= 15 is 0 Å². The van der Waals surface area contributed by atoms with Gasteiger partial charge in [-0.05, 0) is 55.0 Å². The van der Waals surface area contributed by atoms with Gasteiger partial charge in [0.05, 0.1) is 13.2 Å². The van der Waals surface area contributed by atoms with Crippen LogP contribution in [0.3, 0.4) is 0 Å². The van der Waals surface area contributed by atoms with Crippen molar-refractivity contribution in [3.8, 4) is 11.6 Å². The number of rotatable bonds is 7. The molecule has 2 N–H and O–H groups in total. The van der Waals surface area contributed by atoms with E-state index < -0.39 is 0 Å². The topological polar surface area (TPSA) is 72.5 Å². The molecule has 0 unspecified atom stereocenters. The van der Waals surface area contributed by atoms with Crippen LogP contribution in [0.5, 0.6) is 11.6 Å². The Labute approximate surface area is 160 Å². The highest BCUT2D eigenvalue weighted by Crippen LogP contribution is 2.23. The van der Waals surface area contributed by atoms with Gasteiger partial charge in [0.25, 0.3) is 0 Å². The first-order valence-electron chi connectivity index (χ1n) is 9.49. The van der Waals surface area contributed by atoms with Crippen molar-refractivity contribution in [2.45, 2.75) is 51.3 Å². The van der Waals surface area contributed by atoms with E-state index in [-0.39, 0.29) is 6.03 Å². The van der Waals surface area contributed by atoms with Crippen LogP contribution in [0, 0.1) is 0 Å². The molecule has 0 bridgehead atoms. The number of hydrogen-bond acceptors (Lipinski definition) is 4. The Balaban J connectivity index is 1.44. The van der Waals surface area contributed by atoms with Crippen molar-refractivity contribution in [3.05, 3.63) is 53.7 Å². The van der Waals surface area contributed by atoms with Crippen molar-refractivity contribution in [2.24, 2.45) is 0 Å². The Kier molecular flexibility index (Phi) is 6.90. The number of carbonyl (C=O) groups excluding carboxylic acids is 1. The molecule has 1 aliphatic rings. The second kappa shape index (κ2) is 9.80. The molecular formula is C21H27N3O3. The van der Waals surface area contributed by atoms with Crippen molar-refractivity contribution < 1.29 is 14.3 Å². The van der Waals surface area contributed by atoms with Crippen LogP contribution in [0.15, 0.2) is 42.6 Å². The fraction of sp³-hybridized carbons (Fsp3) is 0.429. The summed E-state index contributed by atoms with van der Waals surface area (Å²) in [6, 6.07) is 11.4. The number of nitrogens with one attached hydrogen (secondary N) is 2. The fourth-order valence-corrected chi connectivity index (χ4v) is 3.20. The molecule has 1 aromatic carbocycles. The SMILES string of the molecule is COc1cc(CNC(=O)NCc2cccc(OC3CCCCC3)c2)ccn1. The standard InChI is InChI=1S/C21H27N3O3/c1-26-20-13-17(10-11-22-20)15-24-21(25)23-14-16-6-5-9-19(12-16)27-18-7-3-2-4-8-18/h5-6,9-13,18H,2-4,7-8,14-15H2,1H3,(H2,23,24,25). The quantitative estimate of drug-likeness (QED) is 0.779. The van der Waals surface area contributed by atoms with Gasteiger partial charge in [-0.15, -0.1) is 0 Å². The molecule has 0 radical (unpaired) electrons. The number of aromatic nitrogens is 1. The van der Waals surface area contributed by atoms with Crippen LogP contribution in [0.1, 0.15) is 43.2 Å². The summed E-state index contributed by atoms with van der Waals surface area (Å²) in [7, 11) is 1.57. The molecule has 1 fully saturated rings. The molecule has 27 heavy (non-hydrogen) atoms. The number of nitrogens with zero attached hydrogens (tertiary/aromatic N) is 1. The first kappa shape index (κ1) is 19.0. The molecule has 0 atom stereocenters. The molecule has 0 spiro atoms. The lowest BCUT2D eigenvalue weighted by molar-refractivity contribution is 0.155. The van der Waals surface area contributed by atoms with Crippen LogP contribution in [0.4, 0.5) is 4.79 Å². The number of carbonyl (C=O) groups is 1. The minimum absolute atomic E-state index is 0.218. The summed E-state index contributed by atoms with van der Waals surface area (Å²) >= 11 is 0. The molecule has 0 saturated heterocycles. The van der Waals surface area contributed by atoms with Crippen molar-refractivity contribution in [3.63, 3.8) is 0 Å². The van der Waals surface area contributed by atoms with E-state index in [0.717, 1.165) is 29.7 Å². The van der Waals surface area contributed by atoms with E-state index in [9.17, 15) is 4.79 Å². The predicted molar refractivity (Wildman–Crippen MR) is 104 cm³/mol. The lowest BCUT2D eigenvalue weighted by Gasteiger charge is -2.23. The summed E-state index contributed by atoms with van der Waals surface area (Å²) in [6.45, 7) is 0.864. The monoisotopic (exact) mass is 369 g/mol. The average molecular weight is 369 g/mol. The third-order valence-electron chi connectivity index (χ3n) is 4.67. The van der Waals surface area contributed by atoms with Crippen molar-refractivity contribution in [1.29, 1.82) is 0 Å². The molecule has 1 aliphatic carbocycles. The van der Waals surface area contributed by atoms with Crippen LogP contribution >= 0.6 is 0 Å². The maximum absolute atomic E-state index is 12.0. The molecule has 1 heterocycles. The number of ether oxygens (including phenoxy) is 2. The summed E-state index contributed by atoms with van der Waals surface area (Å²) in [5.74, 6) is 1.41.